The van der Waals surface area contributed by atoms with Gasteiger partial charge in [-0.3, -0.25) is 0 Å². The van der Waals surface area contributed by atoms with Crippen LogP contribution < -0.4 is 5.32 Å². The Hall–Kier alpha value is -0.810. The van der Waals surface area contributed by atoms with Crippen molar-refractivity contribution in [3.05, 3.63) is 23.2 Å². The summed E-state index contributed by atoms with van der Waals surface area (Å²) in [4.78, 5) is 0. The molecule has 2 unspecified atom stereocenters. The van der Waals surface area contributed by atoms with Gasteiger partial charge in [-0.1, -0.05) is 13.3 Å². The molecule has 2 rings (SSSR count). The quantitative estimate of drug-likeness (QED) is 0.908. The zero-order valence-electron chi connectivity index (χ0n) is 12.6. The predicted octanol–water partition coefficient (Wildman–Crippen LogP) is 2.90. The van der Waals surface area contributed by atoms with E-state index in [-0.39, 0.29) is 11.3 Å². The zero-order valence-corrected chi connectivity index (χ0v) is 13.4. The van der Waals surface area contributed by atoms with Crippen LogP contribution in [0.3, 0.4) is 0 Å². The average Bonchev–Trinajstić information content (AvgIpc) is 2.70. The van der Waals surface area contributed by atoms with Crippen LogP contribution >= 0.6 is 0 Å². The summed E-state index contributed by atoms with van der Waals surface area (Å²) in [7, 11) is -3.01. The molecule has 0 radical (unpaired) electrons. The van der Waals surface area contributed by atoms with Crippen molar-refractivity contribution < 1.29 is 12.8 Å². The van der Waals surface area contributed by atoms with Crippen molar-refractivity contribution in [2.45, 2.75) is 57.7 Å². The number of sulfone groups is 1. The van der Waals surface area contributed by atoms with Crippen LogP contribution in [0.25, 0.3) is 0 Å². The molecule has 20 heavy (non-hydrogen) atoms. The van der Waals surface area contributed by atoms with Gasteiger partial charge in [0.1, 0.15) is 11.5 Å². The van der Waals surface area contributed by atoms with Crippen LogP contribution in [0.4, 0.5) is 0 Å². The highest BCUT2D eigenvalue weighted by atomic mass is 32.2. The number of hydrogen-bond acceptors (Lipinski definition) is 4. The Kier molecular flexibility index (Phi) is 4.91. The fourth-order valence-electron chi connectivity index (χ4n) is 3.05. The Labute approximate surface area is 121 Å². The molecule has 0 spiro atoms. The third kappa shape index (κ3) is 3.26. The Morgan fingerprint density at radius 3 is 2.70 bits per heavy atom. The Balaban J connectivity index is 2.34. The van der Waals surface area contributed by atoms with Crippen LogP contribution in [0, 0.1) is 13.8 Å². The zero-order chi connectivity index (χ0) is 14.8. The Bertz CT molecular complexity index is 547. The summed E-state index contributed by atoms with van der Waals surface area (Å²) in [5, 5.41) is 3.11. The maximum Gasteiger partial charge on any atom is 0.155 e. The highest BCUT2D eigenvalue weighted by Crippen LogP contribution is 2.33. The summed E-state index contributed by atoms with van der Waals surface area (Å²) in [6.45, 7) is 6.73. The summed E-state index contributed by atoms with van der Waals surface area (Å²) in [5.74, 6) is 1.99. The van der Waals surface area contributed by atoms with Crippen molar-refractivity contribution in [2.24, 2.45) is 0 Å². The van der Waals surface area contributed by atoms with Gasteiger partial charge in [-0.2, -0.15) is 0 Å². The van der Waals surface area contributed by atoms with Gasteiger partial charge in [0.05, 0.1) is 17.0 Å². The van der Waals surface area contributed by atoms with Gasteiger partial charge in [-0.15, -0.1) is 0 Å². The fraction of sp³-hybridized carbons (Fsp3) is 0.733. The molecule has 5 heteroatoms. The number of hydrogen-bond donors (Lipinski definition) is 1. The predicted molar refractivity (Wildman–Crippen MR) is 80.6 cm³/mol. The summed E-state index contributed by atoms with van der Waals surface area (Å²) in [6, 6.07) is 1.84. The average molecular weight is 299 g/mol. The molecule has 1 saturated heterocycles. The minimum absolute atomic E-state index is 0.141. The van der Waals surface area contributed by atoms with Gasteiger partial charge in [0.15, 0.2) is 9.84 Å². The third-order valence-electron chi connectivity index (χ3n) is 4.03. The van der Waals surface area contributed by atoms with E-state index in [9.17, 15) is 8.42 Å². The molecule has 4 nitrogen and oxygen atoms in total. The highest BCUT2D eigenvalue weighted by molar-refractivity contribution is 7.92. The summed E-state index contributed by atoms with van der Waals surface area (Å²) in [5.41, 5.74) is 1.01. The van der Waals surface area contributed by atoms with Crippen LogP contribution in [0.2, 0.25) is 0 Å². The first-order valence-corrected chi connectivity index (χ1v) is 9.19. The van der Waals surface area contributed by atoms with E-state index in [2.05, 4.69) is 12.2 Å². The van der Waals surface area contributed by atoms with Gasteiger partial charge in [0.25, 0.3) is 0 Å². The molecule has 0 aromatic carbocycles. The maximum absolute atomic E-state index is 12.4. The molecule has 0 saturated carbocycles. The van der Waals surface area contributed by atoms with E-state index in [4.69, 9.17) is 4.42 Å². The standard InChI is InChI=1S/C15H25NO3S/c1-4-8-16-15(13-10-11(2)19-12(13)3)14-7-5-6-9-20(14,17)18/h10,14-16H,4-9H2,1-3H3. The molecule has 0 amide bonds. The largest absolute Gasteiger partial charge is 0.466 e. The van der Waals surface area contributed by atoms with Gasteiger partial charge in [0, 0.05) is 5.56 Å². The van der Waals surface area contributed by atoms with Gasteiger partial charge in [0.2, 0.25) is 0 Å². The van der Waals surface area contributed by atoms with Gasteiger partial charge < -0.3 is 9.73 Å². The fourth-order valence-corrected chi connectivity index (χ4v) is 5.15. The first-order chi connectivity index (χ1) is 9.45. The molecule has 0 bridgehead atoms. The molecule has 1 fully saturated rings. The number of rotatable bonds is 5. The lowest BCUT2D eigenvalue weighted by Gasteiger charge is -2.30. The van der Waals surface area contributed by atoms with Crippen LogP contribution in [0.15, 0.2) is 10.5 Å². The first kappa shape index (κ1) is 15.6. The Morgan fingerprint density at radius 2 is 2.15 bits per heavy atom. The molecular formula is C15H25NO3S. The second-order valence-electron chi connectivity index (χ2n) is 5.70. The molecule has 1 aliphatic rings. The molecule has 0 aliphatic carbocycles. The van der Waals surface area contributed by atoms with Crippen molar-refractivity contribution in [1.82, 2.24) is 5.32 Å². The van der Waals surface area contributed by atoms with Crippen molar-refractivity contribution in [3.63, 3.8) is 0 Å². The van der Waals surface area contributed by atoms with Gasteiger partial charge in [-0.25, -0.2) is 8.42 Å². The molecule has 114 valence electrons. The highest BCUT2D eigenvalue weighted by Gasteiger charge is 2.37. The van der Waals surface area contributed by atoms with E-state index in [0.29, 0.717) is 5.75 Å². The third-order valence-corrected chi connectivity index (χ3v) is 6.32. The lowest BCUT2D eigenvalue weighted by molar-refractivity contribution is 0.435. The van der Waals surface area contributed by atoms with E-state index in [1.807, 2.05) is 19.9 Å². The van der Waals surface area contributed by atoms with Crippen LogP contribution in [-0.2, 0) is 9.84 Å². The second kappa shape index (κ2) is 6.31. The van der Waals surface area contributed by atoms with E-state index >= 15 is 0 Å². The second-order valence-corrected chi connectivity index (χ2v) is 8.04. The van der Waals surface area contributed by atoms with E-state index in [1.54, 1.807) is 0 Å². The van der Waals surface area contributed by atoms with E-state index in [0.717, 1.165) is 49.3 Å². The Morgan fingerprint density at radius 1 is 1.40 bits per heavy atom. The first-order valence-electron chi connectivity index (χ1n) is 7.47. The summed E-state index contributed by atoms with van der Waals surface area (Å²) in [6.07, 6.45) is 3.51. The molecular weight excluding hydrogens is 274 g/mol. The lowest BCUT2D eigenvalue weighted by Crippen LogP contribution is -2.41. The smallest absolute Gasteiger partial charge is 0.155 e. The van der Waals surface area contributed by atoms with Crippen molar-refractivity contribution in [1.29, 1.82) is 0 Å². The lowest BCUT2D eigenvalue weighted by atomic mass is 9.99. The van der Waals surface area contributed by atoms with Crippen LogP contribution in [0.5, 0.6) is 0 Å². The number of furan rings is 1. The maximum atomic E-state index is 12.4. The van der Waals surface area contributed by atoms with Crippen LogP contribution in [-0.4, -0.2) is 26.0 Å². The molecule has 1 aromatic heterocycles. The molecule has 2 atom stereocenters. The minimum Gasteiger partial charge on any atom is -0.466 e. The monoisotopic (exact) mass is 299 g/mol. The van der Waals surface area contributed by atoms with Crippen molar-refractivity contribution in [2.75, 3.05) is 12.3 Å². The van der Waals surface area contributed by atoms with Gasteiger partial charge in [-0.05, 0) is 45.7 Å². The van der Waals surface area contributed by atoms with E-state index < -0.39 is 9.84 Å². The van der Waals surface area contributed by atoms with E-state index in [1.165, 1.54) is 0 Å². The van der Waals surface area contributed by atoms with Gasteiger partial charge >= 0.3 is 0 Å². The van der Waals surface area contributed by atoms with Crippen molar-refractivity contribution >= 4 is 9.84 Å². The summed E-state index contributed by atoms with van der Waals surface area (Å²) >= 11 is 0. The number of aryl methyl sites for hydroxylation is 2. The molecule has 2 heterocycles. The normalized spacial score (nSPS) is 23.6. The topological polar surface area (TPSA) is 59.3 Å². The molecule has 1 aliphatic heterocycles. The molecule has 1 N–H and O–H groups in total. The molecule has 1 aromatic rings. The minimum atomic E-state index is -3.01. The van der Waals surface area contributed by atoms with Crippen LogP contribution in [0.1, 0.15) is 55.7 Å². The SMILES string of the molecule is CCCNC(c1cc(C)oc1C)C1CCCCS1(=O)=O. The summed E-state index contributed by atoms with van der Waals surface area (Å²) < 4.78 is 30.4. The number of nitrogens with one attached hydrogen (secondary N) is 1. The van der Waals surface area contributed by atoms with Crippen molar-refractivity contribution in [3.8, 4) is 0 Å².